The molecule has 1 aromatic carbocycles. The standard InChI is InChI=1S/C18H25N3O2/c22-16-10-4-5-12-21(16)17(14-7-2-1-3-8-14)18(23)20-15-9-6-11-19-13-15/h1-3,7-8,15,17,19H,4-6,9-13H2,(H,20,23). The van der Waals surface area contributed by atoms with Crippen molar-refractivity contribution in [1.29, 1.82) is 0 Å². The van der Waals surface area contributed by atoms with Crippen LogP contribution in [-0.2, 0) is 9.59 Å². The molecule has 2 amide bonds. The lowest BCUT2D eigenvalue weighted by atomic mass is 9.99. The molecular weight excluding hydrogens is 290 g/mol. The molecule has 2 heterocycles. The van der Waals surface area contributed by atoms with E-state index in [-0.39, 0.29) is 17.9 Å². The van der Waals surface area contributed by atoms with E-state index < -0.39 is 6.04 Å². The van der Waals surface area contributed by atoms with Gasteiger partial charge in [0, 0.05) is 25.6 Å². The summed E-state index contributed by atoms with van der Waals surface area (Å²) in [5, 5.41) is 6.45. The van der Waals surface area contributed by atoms with E-state index in [9.17, 15) is 9.59 Å². The molecule has 0 radical (unpaired) electrons. The van der Waals surface area contributed by atoms with Crippen molar-refractivity contribution in [3.8, 4) is 0 Å². The first kappa shape index (κ1) is 16.0. The zero-order valence-corrected chi connectivity index (χ0v) is 13.5. The van der Waals surface area contributed by atoms with Gasteiger partial charge in [-0.3, -0.25) is 9.59 Å². The maximum atomic E-state index is 12.9. The predicted molar refractivity (Wildman–Crippen MR) is 88.8 cm³/mol. The highest BCUT2D eigenvalue weighted by Gasteiger charge is 2.33. The van der Waals surface area contributed by atoms with Crippen LogP contribution in [0, 0.1) is 0 Å². The Kier molecular flexibility index (Phi) is 5.28. The van der Waals surface area contributed by atoms with Crippen molar-refractivity contribution in [2.75, 3.05) is 19.6 Å². The highest BCUT2D eigenvalue weighted by Crippen LogP contribution is 2.26. The first-order chi connectivity index (χ1) is 11.3. The molecule has 0 bridgehead atoms. The number of nitrogens with zero attached hydrogens (tertiary/aromatic N) is 1. The molecule has 5 heteroatoms. The second-order valence-corrected chi connectivity index (χ2v) is 6.41. The van der Waals surface area contributed by atoms with Crippen LogP contribution < -0.4 is 10.6 Å². The normalized spacial score (nSPS) is 23.4. The summed E-state index contributed by atoms with van der Waals surface area (Å²) in [4.78, 5) is 27.0. The van der Waals surface area contributed by atoms with E-state index in [0.29, 0.717) is 13.0 Å². The van der Waals surface area contributed by atoms with Gasteiger partial charge in [0.1, 0.15) is 6.04 Å². The fourth-order valence-corrected chi connectivity index (χ4v) is 3.46. The Morgan fingerprint density at radius 1 is 1.22 bits per heavy atom. The highest BCUT2D eigenvalue weighted by atomic mass is 16.2. The molecule has 5 nitrogen and oxygen atoms in total. The van der Waals surface area contributed by atoms with Crippen LogP contribution >= 0.6 is 0 Å². The number of benzene rings is 1. The summed E-state index contributed by atoms with van der Waals surface area (Å²) < 4.78 is 0. The Bertz CT molecular complexity index is 540. The molecule has 2 fully saturated rings. The topological polar surface area (TPSA) is 61.4 Å². The number of amides is 2. The minimum atomic E-state index is -0.508. The Labute approximate surface area is 137 Å². The van der Waals surface area contributed by atoms with Crippen LogP contribution in [0.15, 0.2) is 30.3 Å². The summed E-state index contributed by atoms with van der Waals surface area (Å²) in [6.07, 6.45) is 4.50. The third-order valence-corrected chi connectivity index (χ3v) is 4.68. The summed E-state index contributed by atoms with van der Waals surface area (Å²) in [7, 11) is 0. The number of likely N-dealkylation sites (tertiary alicyclic amines) is 1. The van der Waals surface area contributed by atoms with Gasteiger partial charge in [-0.25, -0.2) is 0 Å². The van der Waals surface area contributed by atoms with Gasteiger partial charge in [-0.2, -0.15) is 0 Å². The molecule has 0 spiro atoms. The number of piperidine rings is 2. The largest absolute Gasteiger partial charge is 0.350 e. The van der Waals surface area contributed by atoms with Crippen LogP contribution in [0.1, 0.15) is 43.7 Å². The van der Waals surface area contributed by atoms with Gasteiger partial charge in [0.25, 0.3) is 0 Å². The Morgan fingerprint density at radius 2 is 2.04 bits per heavy atom. The summed E-state index contributed by atoms with van der Waals surface area (Å²) in [6, 6.07) is 9.30. The quantitative estimate of drug-likeness (QED) is 0.887. The maximum absolute atomic E-state index is 12.9. The molecule has 2 atom stereocenters. The van der Waals surface area contributed by atoms with Gasteiger partial charge in [-0.1, -0.05) is 30.3 Å². The number of hydrogen-bond acceptors (Lipinski definition) is 3. The van der Waals surface area contributed by atoms with Crippen LogP contribution in [0.2, 0.25) is 0 Å². The number of hydrogen-bond donors (Lipinski definition) is 2. The molecule has 0 aromatic heterocycles. The van der Waals surface area contributed by atoms with Crippen molar-refractivity contribution >= 4 is 11.8 Å². The van der Waals surface area contributed by atoms with Crippen LogP contribution in [0.3, 0.4) is 0 Å². The van der Waals surface area contributed by atoms with Gasteiger partial charge in [0.15, 0.2) is 0 Å². The molecule has 124 valence electrons. The first-order valence-electron chi connectivity index (χ1n) is 8.61. The summed E-state index contributed by atoms with van der Waals surface area (Å²) in [5.74, 6) is 0.0298. The molecule has 2 N–H and O–H groups in total. The van der Waals surface area contributed by atoms with Gasteiger partial charge in [0.05, 0.1) is 0 Å². The van der Waals surface area contributed by atoms with E-state index in [0.717, 1.165) is 44.3 Å². The van der Waals surface area contributed by atoms with Crippen molar-refractivity contribution in [3.05, 3.63) is 35.9 Å². The average Bonchev–Trinajstić information content (AvgIpc) is 2.59. The fraction of sp³-hybridized carbons (Fsp3) is 0.556. The summed E-state index contributed by atoms with van der Waals surface area (Å²) >= 11 is 0. The third-order valence-electron chi connectivity index (χ3n) is 4.68. The maximum Gasteiger partial charge on any atom is 0.247 e. The lowest BCUT2D eigenvalue weighted by Crippen LogP contribution is -2.51. The second-order valence-electron chi connectivity index (χ2n) is 6.41. The minimum Gasteiger partial charge on any atom is -0.350 e. The van der Waals surface area contributed by atoms with E-state index in [1.54, 1.807) is 4.90 Å². The average molecular weight is 315 g/mol. The van der Waals surface area contributed by atoms with Gasteiger partial charge in [-0.15, -0.1) is 0 Å². The lowest BCUT2D eigenvalue weighted by Gasteiger charge is -2.35. The Morgan fingerprint density at radius 3 is 2.74 bits per heavy atom. The predicted octanol–water partition coefficient (Wildman–Crippen LogP) is 1.61. The zero-order chi connectivity index (χ0) is 16.1. The highest BCUT2D eigenvalue weighted by molar-refractivity contribution is 5.89. The lowest BCUT2D eigenvalue weighted by molar-refractivity contribution is -0.143. The van der Waals surface area contributed by atoms with Crippen LogP contribution in [0.5, 0.6) is 0 Å². The molecule has 0 saturated carbocycles. The van der Waals surface area contributed by atoms with E-state index in [1.807, 2.05) is 30.3 Å². The zero-order valence-electron chi connectivity index (χ0n) is 13.5. The van der Waals surface area contributed by atoms with Crippen LogP contribution in [-0.4, -0.2) is 42.4 Å². The summed E-state index contributed by atoms with van der Waals surface area (Å²) in [5.41, 5.74) is 0.893. The minimum absolute atomic E-state index is 0.0554. The molecule has 0 aliphatic carbocycles. The fourth-order valence-electron chi connectivity index (χ4n) is 3.46. The van der Waals surface area contributed by atoms with Crippen LogP contribution in [0.4, 0.5) is 0 Å². The van der Waals surface area contributed by atoms with Gasteiger partial charge in [-0.05, 0) is 37.8 Å². The van der Waals surface area contributed by atoms with Crippen molar-refractivity contribution in [3.63, 3.8) is 0 Å². The SMILES string of the molecule is O=C(NC1CCCNC1)C(c1ccccc1)N1CCCCC1=O. The number of carbonyl (C=O) groups excluding carboxylic acids is 2. The second kappa shape index (κ2) is 7.59. The van der Waals surface area contributed by atoms with E-state index >= 15 is 0 Å². The van der Waals surface area contributed by atoms with E-state index in [2.05, 4.69) is 10.6 Å². The molecule has 1 aromatic rings. The van der Waals surface area contributed by atoms with E-state index in [1.165, 1.54) is 0 Å². The van der Waals surface area contributed by atoms with Gasteiger partial charge < -0.3 is 15.5 Å². The third kappa shape index (κ3) is 3.91. The van der Waals surface area contributed by atoms with Crippen LogP contribution in [0.25, 0.3) is 0 Å². The molecule has 2 aliphatic rings. The number of rotatable bonds is 4. The summed E-state index contributed by atoms with van der Waals surface area (Å²) in [6.45, 7) is 2.48. The molecule has 2 aliphatic heterocycles. The van der Waals surface area contributed by atoms with E-state index in [4.69, 9.17) is 0 Å². The number of nitrogens with one attached hydrogen (secondary N) is 2. The van der Waals surface area contributed by atoms with Crippen molar-refractivity contribution < 1.29 is 9.59 Å². The van der Waals surface area contributed by atoms with Gasteiger partial charge >= 0.3 is 0 Å². The monoisotopic (exact) mass is 315 g/mol. The first-order valence-corrected chi connectivity index (χ1v) is 8.61. The smallest absolute Gasteiger partial charge is 0.247 e. The molecule has 23 heavy (non-hydrogen) atoms. The van der Waals surface area contributed by atoms with Crippen molar-refractivity contribution in [2.45, 2.75) is 44.2 Å². The molecular formula is C18H25N3O2. The molecule has 2 saturated heterocycles. The van der Waals surface area contributed by atoms with Crippen molar-refractivity contribution in [2.24, 2.45) is 0 Å². The number of carbonyl (C=O) groups is 2. The Hall–Kier alpha value is -1.88. The Balaban J connectivity index is 1.79. The van der Waals surface area contributed by atoms with Gasteiger partial charge in [0.2, 0.25) is 11.8 Å². The molecule has 2 unspecified atom stereocenters. The molecule has 3 rings (SSSR count). The van der Waals surface area contributed by atoms with Crippen molar-refractivity contribution in [1.82, 2.24) is 15.5 Å².